The Hall–Kier alpha value is -3.56. The summed E-state index contributed by atoms with van der Waals surface area (Å²) >= 11 is 0. The van der Waals surface area contributed by atoms with E-state index >= 15 is 0 Å². The number of methoxy groups -OCH3 is 2. The number of rotatable bonds is 13. The maximum Gasteiger partial charge on any atom is 0.295 e. The summed E-state index contributed by atoms with van der Waals surface area (Å²) in [5.41, 5.74) is 1.11. The second-order valence-corrected chi connectivity index (χ2v) is 10.00. The normalized spacial score (nSPS) is 19.2. The van der Waals surface area contributed by atoms with Gasteiger partial charge in [0.05, 0.1) is 45.7 Å². The van der Waals surface area contributed by atoms with Gasteiger partial charge in [-0.25, -0.2) is 0 Å². The Labute approximate surface area is 236 Å². The van der Waals surface area contributed by atoms with Gasteiger partial charge in [-0.1, -0.05) is 38.0 Å². The molecule has 1 unspecified atom stereocenters. The topological polar surface area (TPSA) is 97.8 Å². The number of Topliss-reactive ketones (excluding diaryl/α,β-unsaturated/α-hetero) is 1. The van der Waals surface area contributed by atoms with Gasteiger partial charge in [0.1, 0.15) is 11.5 Å². The van der Waals surface area contributed by atoms with Gasteiger partial charge in [-0.2, -0.15) is 0 Å². The van der Waals surface area contributed by atoms with E-state index in [1.54, 1.807) is 48.4 Å². The van der Waals surface area contributed by atoms with E-state index in [0.717, 1.165) is 38.9 Å². The monoisotopic (exact) mass is 552 g/mol. The minimum Gasteiger partial charge on any atom is -0.507 e. The Kier molecular flexibility index (Phi) is 10.4. The SMILES string of the molecule is CCCCCOc1ccc(C2/C(=C(\O)c3cccc(OC)c3)C(=O)C(=O)N2CCCN2CCOCC2)cc1OC. The molecule has 0 radical (unpaired) electrons. The van der Waals surface area contributed by atoms with E-state index in [1.807, 2.05) is 6.07 Å². The summed E-state index contributed by atoms with van der Waals surface area (Å²) in [5.74, 6) is 0.0582. The molecule has 2 heterocycles. The third-order valence-corrected chi connectivity index (χ3v) is 7.37. The first kappa shape index (κ1) is 29.4. The molecule has 9 heteroatoms. The van der Waals surface area contributed by atoms with E-state index < -0.39 is 17.7 Å². The lowest BCUT2D eigenvalue weighted by Gasteiger charge is -2.29. The average Bonchev–Trinajstić information content (AvgIpc) is 3.24. The van der Waals surface area contributed by atoms with E-state index in [4.69, 9.17) is 18.9 Å². The number of hydrogen-bond donors (Lipinski definition) is 1. The number of morpholine rings is 1. The first-order valence-electron chi connectivity index (χ1n) is 14.0. The Bertz CT molecular complexity index is 1210. The molecule has 1 amide bonds. The second-order valence-electron chi connectivity index (χ2n) is 10.00. The minimum atomic E-state index is -0.779. The number of aliphatic hydroxyl groups excluding tert-OH is 1. The van der Waals surface area contributed by atoms with Crippen LogP contribution in [-0.4, -0.2) is 86.8 Å². The number of unbranched alkanes of at least 4 members (excludes halogenated alkanes) is 2. The van der Waals surface area contributed by atoms with Crippen LogP contribution in [-0.2, 0) is 14.3 Å². The fourth-order valence-electron chi connectivity index (χ4n) is 5.18. The van der Waals surface area contributed by atoms with Gasteiger partial charge in [-0.15, -0.1) is 0 Å². The molecule has 1 atom stereocenters. The number of amides is 1. The molecular formula is C31H40N2O7. The Morgan fingerprint density at radius 1 is 0.975 bits per heavy atom. The number of ether oxygens (including phenoxy) is 4. The Morgan fingerprint density at radius 2 is 1.77 bits per heavy atom. The molecule has 2 fully saturated rings. The lowest BCUT2D eigenvalue weighted by atomic mass is 9.95. The summed E-state index contributed by atoms with van der Waals surface area (Å²) in [6.07, 6.45) is 3.78. The van der Waals surface area contributed by atoms with Crippen molar-refractivity contribution in [2.24, 2.45) is 0 Å². The van der Waals surface area contributed by atoms with E-state index in [1.165, 1.54) is 7.11 Å². The maximum atomic E-state index is 13.4. The third-order valence-electron chi connectivity index (χ3n) is 7.37. The molecule has 9 nitrogen and oxygen atoms in total. The molecule has 216 valence electrons. The van der Waals surface area contributed by atoms with Crippen LogP contribution in [0.2, 0.25) is 0 Å². The molecule has 0 saturated carbocycles. The molecule has 40 heavy (non-hydrogen) atoms. The van der Waals surface area contributed by atoms with Gasteiger partial charge >= 0.3 is 0 Å². The summed E-state index contributed by atoms with van der Waals surface area (Å²) in [7, 11) is 3.10. The molecule has 0 spiro atoms. The van der Waals surface area contributed by atoms with Gasteiger partial charge in [0.2, 0.25) is 0 Å². The predicted molar refractivity (Wildman–Crippen MR) is 152 cm³/mol. The first-order valence-corrected chi connectivity index (χ1v) is 14.0. The van der Waals surface area contributed by atoms with Gasteiger partial charge < -0.3 is 29.0 Å². The largest absolute Gasteiger partial charge is 0.507 e. The highest BCUT2D eigenvalue weighted by Crippen LogP contribution is 2.42. The zero-order valence-electron chi connectivity index (χ0n) is 23.7. The highest BCUT2D eigenvalue weighted by molar-refractivity contribution is 6.46. The lowest BCUT2D eigenvalue weighted by molar-refractivity contribution is -0.140. The van der Waals surface area contributed by atoms with Crippen LogP contribution >= 0.6 is 0 Å². The molecule has 2 aromatic carbocycles. The third kappa shape index (κ3) is 6.77. The maximum absolute atomic E-state index is 13.4. The zero-order valence-corrected chi connectivity index (χ0v) is 23.7. The van der Waals surface area contributed by atoms with Gasteiger partial charge in [0.25, 0.3) is 11.7 Å². The number of likely N-dealkylation sites (tertiary alicyclic amines) is 1. The highest BCUT2D eigenvalue weighted by Gasteiger charge is 2.46. The van der Waals surface area contributed by atoms with Gasteiger partial charge in [0, 0.05) is 31.7 Å². The number of aliphatic hydroxyl groups is 1. The molecule has 4 rings (SSSR count). The Balaban J connectivity index is 1.69. The average molecular weight is 553 g/mol. The van der Waals surface area contributed by atoms with Crippen molar-refractivity contribution in [3.63, 3.8) is 0 Å². The van der Waals surface area contributed by atoms with E-state index in [2.05, 4.69) is 11.8 Å². The van der Waals surface area contributed by atoms with Crippen molar-refractivity contribution >= 4 is 17.4 Å². The fraction of sp³-hybridized carbons (Fsp3) is 0.484. The second kappa shape index (κ2) is 14.2. The molecule has 0 bridgehead atoms. The van der Waals surface area contributed by atoms with Gasteiger partial charge in [-0.05, 0) is 42.7 Å². The van der Waals surface area contributed by atoms with Crippen molar-refractivity contribution < 1.29 is 33.6 Å². The van der Waals surface area contributed by atoms with Crippen molar-refractivity contribution in [1.82, 2.24) is 9.80 Å². The van der Waals surface area contributed by atoms with Crippen LogP contribution < -0.4 is 14.2 Å². The number of hydrogen-bond acceptors (Lipinski definition) is 8. The van der Waals surface area contributed by atoms with Crippen LogP contribution in [0.4, 0.5) is 0 Å². The van der Waals surface area contributed by atoms with Crippen LogP contribution in [0.5, 0.6) is 17.2 Å². The van der Waals surface area contributed by atoms with E-state index in [0.29, 0.717) is 61.2 Å². The molecule has 0 aromatic heterocycles. The number of benzene rings is 2. The molecule has 2 saturated heterocycles. The summed E-state index contributed by atoms with van der Waals surface area (Å²) in [6, 6.07) is 11.5. The number of carbonyl (C=O) groups excluding carboxylic acids is 2. The van der Waals surface area contributed by atoms with Crippen molar-refractivity contribution in [2.75, 3.05) is 60.2 Å². The molecule has 2 aromatic rings. The lowest BCUT2D eigenvalue weighted by Crippen LogP contribution is -2.39. The number of ketones is 1. The van der Waals surface area contributed by atoms with Crippen LogP contribution in [0.3, 0.4) is 0 Å². The van der Waals surface area contributed by atoms with Gasteiger partial charge in [-0.3, -0.25) is 14.5 Å². The summed E-state index contributed by atoms with van der Waals surface area (Å²) in [4.78, 5) is 30.7. The standard InChI is InChI=1S/C31H40N2O7/c1-4-5-6-17-40-25-12-11-22(21-26(25)38-3)28-27(29(34)23-9-7-10-24(20-23)37-2)30(35)31(36)33(28)14-8-13-32-15-18-39-19-16-32/h7,9-12,20-21,28,34H,4-6,8,13-19H2,1-3H3/b29-27+. The van der Waals surface area contributed by atoms with Crippen LogP contribution in [0.1, 0.15) is 49.8 Å². The van der Waals surface area contributed by atoms with Crippen molar-refractivity contribution in [1.29, 1.82) is 0 Å². The first-order chi connectivity index (χ1) is 19.5. The molecule has 2 aliphatic rings. The summed E-state index contributed by atoms with van der Waals surface area (Å²) in [5, 5.41) is 11.4. The number of nitrogens with zero attached hydrogens (tertiary/aromatic N) is 2. The molecular weight excluding hydrogens is 512 g/mol. The minimum absolute atomic E-state index is 0.0447. The van der Waals surface area contributed by atoms with Crippen LogP contribution in [0.15, 0.2) is 48.0 Å². The smallest absolute Gasteiger partial charge is 0.295 e. The fourth-order valence-corrected chi connectivity index (χ4v) is 5.18. The van der Waals surface area contributed by atoms with E-state index in [9.17, 15) is 14.7 Å². The highest BCUT2D eigenvalue weighted by atomic mass is 16.5. The van der Waals surface area contributed by atoms with Crippen molar-refractivity contribution in [3.8, 4) is 17.2 Å². The van der Waals surface area contributed by atoms with Crippen molar-refractivity contribution in [2.45, 2.75) is 38.6 Å². The Morgan fingerprint density at radius 3 is 2.50 bits per heavy atom. The summed E-state index contributed by atoms with van der Waals surface area (Å²) < 4.78 is 22.3. The summed E-state index contributed by atoms with van der Waals surface area (Å²) in [6.45, 7) is 6.92. The van der Waals surface area contributed by atoms with Gasteiger partial charge in [0.15, 0.2) is 11.5 Å². The van der Waals surface area contributed by atoms with Crippen LogP contribution in [0.25, 0.3) is 5.76 Å². The number of carbonyl (C=O) groups is 2. The molecule has 2 aliphatic heterocycles. The molecule has 0 aliphatic carbocycles. The quantitative estimate of drug-likeness (QED) is 0.169. The van der Waals surface area contributed by atoms with E-state index in [-0.39, 0.29) is 11.3 Å². The van der Waals surface area contributed by atoms with Crippen molar-refractivity contribution in [3.05, 3.63) is 59.2 Å². The zero-order chi connectivity index (χ0) is 28.5. The molecule has 1 N–H and O–H groups in total. The van der Waals surface area contributed by atoms with Crippen LogP contribution in [0, 0.1) is 0 Å². The predicted octanol–water partition coefficient (Wildman–Crippen LogP) is 4.42.